The summed E-state index contributed by atoms with van der Waals surface area (Å²) in [5.41, 5.74) is 2.20. The van der Waals surface area contributed by atoms with E-state index in [-0.39, 0.29) is 18.1 Å². The molecule has 0 radical (unpaired) electrons. The lowest BCUT2D eigenvalue weighted by Gasteiger charge is -2.23. The third-order valence-corrected chi connectivity index (χ3v) is 5.49. The van der Waals surface area contributed by atoms with Gasteiger partial charge < -0.3 is 5.32 Å². The van der Waals surface area contributed by atoms with E-state index in [9.17, 15) is 8.78 Å². The van der Waals surface area contributed by atoms with Crippen molar-refractivity contribution in [1.82, 2.24) is 9.71 Å². The Morgan fingerprint density at radius 2 is 1.89 bits per heavy atom. The van der Waals surface area contributed by atoms with Gasteiger partial charge in [0.2, 0.25) is 5.96 Å². The molecule has 3 aromatic rings. The fourth-order valence-corrected chi connectivity index (χ4v) is 3.77. The van der Waals surface area contributed by atoms with Crippen molar-refractivity contribution >= 4 is 35.2 Å². The highest BCUT2D eigenvalue weighted by Crippen LogP contribution is 2.35. The van der Waals surface area contributed by atoms with Gasteiger partial charge in [-0.1, -0.05) is 29.8 Å². The molecule has 1 aliphatic heterocycles. The Morgan fingerprint density at radius 1 is 1.04 bits per heavy atom. The molecule has 0 spiro atoms. The Labute approximate surface area is 170 Å². The van der Waals surface area contributed by atoms with Crippen LogP contribution in [0.1, 0.15) is 16.8 Å². The van der Waals surface area contributed by atoms with Crippen LogP contribution in [0.2, 0.25) is 5.02 Å². The van der Waals surface area contributed by atoms with Crippen LogP contribution in [0, 0.1) is 11.6 Å². The van der Waals surface area contributed by atoms with Crippen LogP contribution >= 0.6 is 23.5 Å². The largest absolute Gasteiger partial charge is 0.324 e. The lowest BCUT2D eigenvalue weighted by Crippen LogP contribution is -2.30. The number of hydrogen-bond donors (Lipinski definition) is 2. The molecule has 1 aromatic heterocycles. The van der Waals surface area contributed by atoms with Crippen molar-refractivity contribution in [2.45, 2.75) is 17.9 Å². The number of nitrogens with zero attached hydrogens (tertiary/aromatic N) is 2. The molecule has 8 heteroatoms. The van der Waals surface area contributed by atoms with Crippen LogP contribution < -0.4 is 10.0 Å². The second-order valence-corrected chi connectivity index (χ2v) is 7.35. The van der Waals surface area contributed by atoms with E-state index in [1.54, 1.807) is 12.1 Å². The number of nitrogens with one attached hydrogen (secondary N) is 2. The van der Waals surface area contributed by atoms with Gasteiger partial charge in [0.1, 0.15) is 11.6 Å². The Hall–Kier alpha value is -2.64. The molecule has 0 bridgehead atoms. The number of anilines is 1. The zero-order valence-electron chi connectivity index (χ0n) is 14.5. The topological polar surface area (TPSA) is 49.3 Å². The summed E-state index contributed by atoms with van der Waals surface area (Å²) in [7, 11) is 0. The highest BCUT2D eigenvalue weighted by Gasteiger charge is 2.21. The fraction of sp³-hybridized carbons (Fsp3) is 0.100. The maximum absolute atomic E-state index is 14.6. The summed E-state index contributed by atoms with van der Waals surface area (Å²) in [5.74, 6) is -0.335. The van der Waals surface area contributed by atoms with E-state index >= 15 is 0 Å². The molecule has 0 saturated heterocycles. The predicted octanol–water partition coefficient (Wildman–Crippen LogP) is 5.18. The van der Waals surface area contributed by atoms with Crippen molar-refractivity contribution in [3.63, 3.8) is 0 Å². The Balaban J connectivity index is 1.62. The van der Waals surface area contributed by atoms with Crippen molar-refractivity contribution in [1.29, 1.82) is 0 Å². The summed E-state index contributed by atoms with van der Waals surface area (Å²) in [6.07, 6.45) is 1.85. The number of pyridine rings is 1. The quantitative estimate of drug-likeness (QED) is 0.575. The molecule has 0 saturated carbocycles. The van der Waals surface area contributed by atoms with Crippen LogP contribution in [0.15, 0.2) is 64.6 Å². The number of hydrogen-bond acceptors (Lipinski definition) is 3. The molecule has 0 unspecified atom stereocenters. The van der Waals surface area contributed by atoms with Gasteiger partial charge in [0.05, 0.1) is 22.8 Å². The molecule has 2 N–H and O–H groups in total. The Bertz CT molecular complexity index is 1060. The van der Waals surface area contributed by atoms with E-state index in [1.165, 1.54) is 36.3 Å². The molecular weight excluding hydrogens is 402 g/mol. The average molecular weight is 417 g/mol. The smallest absolute Gasteiger partial charge is 0.206 e. The minimum absolute atomic E-state index is 0.0626. The van der Waals surface area contributed by atoms with Gasteiger partial charge in [-0.3, -0.25) is 9.71 Å². The molecule has 142 valence electrons. The monoisotopic (exact) mass is 416 g/mol. The lowest BCUT2D eigenvalue weighted by molar-refractivity contribution is 0.600. The van der Waals surface area contributed by atoms with Crippen molar-refractivity contribution in [3.8, 4) is 0 Å². The van der Waals surface area contributed by atoms with Gasteiger partial charge in [0.15, 0.2) is 0 Å². The summed E-state index contributed by atoms with van der Waals surface area (Å²) < 4.78 is 31.4. The number of aromatic nitrogens is 1. The number of rotatable bonds is 4. The fourth-order valence-electron chi connectivity index (χ4n) is 2.84. The second-order valence-electron chi connectivity index (χ2n) is 6.09. The maximum Gasteiger partial charge on any atom is 0.206 e. The first kappa shape index (κ1) is 18.7. The highest BCUT2D eigenvalue weighted by molar-refractivity contribution is 7.98. The second kappa shape index (κ2) is 8.16. The van der Waals surface area contributed by atoms with Crippen LogP contribution in [0.4, 0.5) is 14.5 Å². The zero-order chi connectivity index (χ0) is 19.5. The van der Waals surface area contributed by atoms with Crippen LogP contribution in [0.3, 0.4) is 0 Å². The van der Waals surface area contributed by atoms with E-state index < -0.39 is 5.82 Å². The van der Waals surface area contributed by atoms with E-state index in [2.05, 4.69) is 20.0 Å². The van der Waals surface area contributed by atoms with Gasteiger partial charge in [0.25, 0.3) is 0 Å². The molecule has 4 nitrogen and oxygen atoms in total. The molecule has 0 aliphatic carbocycles. The molecule has 28 heavy (non-hydrogen) atoms. The van der Waals surface area contributed by atoms with E-state index in [0.29, 0.717) is 28.7 Å². The van der Waals surface area contributed by atoms with Crippen LogP contribution in [-0.2, 0) is 13.0 Å². The van der Waals surface area contributed by atoms with Crippen LogP contribution in [0.5, 0.6) is 0 Å². The van der Waals surface area contributed by atoms with Gasteiger partial charge >= 0.3 is 0 Å². The first-order chi connectivity index (χ1) is 13.6. The van der Waals surface area contributed by atoms with Crippen LogP contribution in [0.25, 0.3) is 0 Å². The third-order valence-electron chi connectivity index (χ3n) is 4.27. The molecule has 1 aliphatic rings. The number of fused-ring (bicyclic) bond motifs is 1. The van der Waals surface area contributed by atoms with Gasteiger partial charge in [-0.05, 0) is 47.8 Å². The van der Waals surface area contributed by atoms with E-state index in [1.807, 2.05) is 18.2 Å². The molecule has 0 fully saturated rings. The minimum atomic E-state index is -0.416. The summed E-state index contributed by atoms with van der Waals surface area (Å²) in [5, 5.41) is 3.70. The van der Waals surface area contributed by atoms with E-state index in [0.717, 1.165) is 10.5 Å². The van der Waals surface area contributed by atoms with Gasteiger partial charge in [-0.15, -0.1) is 0 Å². The normalized spacial score (nSPS) is 14.3. The molecule has 0 amide bonds. The van der Waals surface area contributed by atoms with Crippen molar-refractivity contribution in [2.75, 3.05) is 5.32 Å². The minimum Gasteiger partial charge on any atom is -0.324 e. The third kappa shape index (κ3) is 3.95. The molecule has 0 atom stereocenters. The average Bonchev–Trinajstić information content (AvgIpc) is 2.71. The number of halogens is 3. The van der Waals surface area contributed by atoms with Crippen molar-refractivity contribution in [2.24, 2.45) is 4.99 Å². The van der Waals surface area contributed by atoms with E-state index in [4.69, 9.17) is 11.6 Å². The number of guanidine groups is 1. The summed E-state index contributed by atoms with van der Waals surface area (Å²) in [4.78, 5) is 9.16. The van der Waals surface area contributed by atoms with Crippen molar-refractivity contribution < 1.29 is 8.78 Å². The standard InChI is InChI=1S/C20H15ClF2N4S/c21-14-5-2-1-4-12(14)10-13-15(22)7-8-18-19(13)26-20(27-28-18)25-11-17-16(23)6-3-9-24-17/h1-9H,10-11H2,(H2,25,26,27). The Kier molecular flexibility index (Phi) is 5.45. The summed E-state index contributed by atoms with van der Waals surface area (Å²) in [6, 6.07) is 13.4. The highest BCUT2D eigenvalue weighted by atomic mass is 35.5. The summed E-state index contributed by atoms with van der Waals surface area (Å²) >= 11 is 7.56. The SMILES string of the molecule is Fc1cccnc1CN=C1NSc2ccc(F)c(Cc3ccccc3Cl)c2N1. The lowest BCUT2D eigenvalue weighted by atomic mass is 10.0. The van der Waals surface area contributed by atoms with Crippen molar-refractivity contribution in [3.05, 3.63) is 88.2 Å². The Morgan fingerprint density at radius 3 is 2.71 bits per heavy atom. The molecular formula is C20H15ClF2N4S. The molecule has 2 heterocycles. The van der Waals surface area contributed by atoms with Gasteiger partial charge in [-0.2, -0.15) is 0 Å². The van der Waals surface area contributed by atoms with Crippen LogP contribution in [-0.4, -0.2) is 10.9 Å². The predicted molar refractivity (Wildman–Crippen MR) is 109 cm³/mol. The first-order valence-corrected chi connectivity index (χ1v) is 9.70. The molecule has 4 rings (SSSR count). The first-order valence-electron chi connectivity index (χ1n) is 8.50. The maximum atomic E-state index is 14.6. The van der Waals surface area contributed by atoms with Gasteiger partial charge in [-0.25, -0.2) is 13.8 Å². The van der Waals surface area contributed by atoms with Gasteiger partial charge in [0, 0.05) is 23.2 Å². The number of aliphatic imine (C=N–C) groups is 1. The summed E-state index contributed by atoms with van der Waals surface area (Å²) in [6.45, 7) is 0.0626. The zero-order valence-corrected chi connectivity index (χ0v) is 16.1. The number of benzene rings is 2. The molecule has 2 aromatic carbocycles.